The van der Waals surface area contributed by atoms with Gasteiger partial charge < -0.3 is 5.32 Å². The summed E-state index contributed by atoms with van der Waals surface area (Å²) in [6.07, 6.45) is 15.2. The molecular formula is C26H41NO. The van der Waals surface area contributed by atoms with Crippen molar-refractivity contribution in [3.63, 3.8) is 0 Å². The minimum Gasteiger partial charge on any atom is -0.316 e. The van der Waals surface area contributed by atoms with Crippen LogP contribution in [0.15, 0.2) is 11.6 Å². The van der Waals surface area contributed by atoms with Crippen LogP contribution in [0.3, 0.4) is 0 Å². The van der Waals surface area contributed by atoms with E-state index in [1.807, 2.05) is 5.57 Å². The van der Waals surface area contributed by atoms with Gasteiger partial charge in [0, 0.05) is 12.8 Å². The quantitative estimate of drug-likeness (QED) is 0.613. The number of piperidine rings is 1. The van der Waals surface area contributed by atoms with Crippen LogP contribution in [0.25, 0.3) is 0 Å². The summed E-state index contributed by atoms with van der Waals surface area (Å²) in [5, 5.41) is 3.65. The third-order valence-corrected chi connectivity index (χ3v) is 10.7. The van der Waals surface area contributed by atoms with Gasteiger partial charge in [-0.05, 0) is 111 Å². The molecule has 2 nitrogen and oxygen atoms in total. The fourth-order valence-electron chi connectivity index (χ4n) is 8.91. The summed E-state index contributed by atoms with van der Waals surface area (Å²) in [4.78, 5) is 12.1. The van der Waals surface area contributed by atoms with Crippen molar-refractivity contribution in [1.82, 2.24) is 5.32 Å². The van der Waals surface area contributed by atoms with Gasteiger partial charge in [-0.15, -0.1) is 0 Å². The molecule has 4 aliphatic carbocycles. The van der Waals surface area contributed by atoms with E-state index in [1.165, 1.54) is 64.5 Å². The van der Waals surface area contributed by atoms with Crippen LogP contribution in [0.2, 0.25) is 0 Å². The van der Waals surface area contributed by atoms with E-state index in [0.717, 1.165) is 42.4 Å². The molecule has 28 heavy (non-hydrogen) atoms. The monoisotopic (exact) mass is 383 g/mol. The molecular weight excluding hydrogens is 342 g/mol. The van der Waals surface area contributed by atoms with Crippen LogP contribution in [0.4, 0.5) is 0 Å². The van der Waals surface area contributed by atoms with Crippen LogP contribution in [0.1, 0.15) is 85.0 Å². The molecule has 1 aliphatic heterocycles. The maximum Gasteiger partial charge on any atom is 0.133 e. The number of fused-ring (bicyclic) bond motifs is 5. The zero-order valence-electron chi connectivity index (χ0n) is 18.4. The lowest BCUT2D eigenvalue weighted by Crippen LogP contribution is -2.53. The molecule has 8 atom stereocenters. The molecule has 1 N–H and O–H groups in total. The van der Waals surface area contributed by atoms with Crippen molar-refractivity contribution < 1.29 is 4.79 Å². The van der Waals surface area contributed by atoms with Crippen LogP contribution < -0.4 is 5.32 Å². The second-order valence-electron chi connectivity index (χ2n) is 11.6. The van der Waals surface area contributed by atoms with Gasteiger partial charge in [0.25, 0.3) is 0 Å². The van der Waals surface area contributed by atoms with Gasteiger partial charge >= 0.3 is 0 Å². The molecule has 5 aliphatic rings. The van der Waals surface area contributed by atoms with Crippen LogP contribution in [-0.4, -0.2) is 18.9 Å². The van der Waals surface area contributed by atoms with Crippen molar-refractivity contribution in [2.75, 3.05) is 13.1 Å². The first-order valence-electron chi connectivity index (χ1n) is 12.4. The van der Waals surface area contributed by atoms with Gasteiger partial charge in [0.2, 0.25) is 0 Å². The Kier molecular flexibility index (Phi) is 4.81. The molecule has 0 aromatic rings. The maximum absolute atomic E-state index is 12.1. The highest BCUT2D eigenvalue weighted by Gasteiger charge is 2.59. The van der Waals surface area contributed by atoms with Gasteiger partial charge in [0.05, 0.1) is 0 Å². The van der Waals surface area contributed by atoms with E-state index in [9.17, 15) is 4.79 Å². The van der Waals surface area contributed by atoms with Gasteiger partial charge in [-0.2, -0.15) is 0 Å². The first kappa shape index (κ1) is 19.3. The van der Waals surface area contributed by atoms with Gasteiger partial charge in [0.1, 0.15) is 5.78 Å². The van der Waals surface area contributed by atoms with Crippen molar-refractivity contribution in [1.29, 1.82) is 0 Å². The van der Waals surface area contributed by atoms with Crippen molar-refractivity contribution >= 4 is 5.78 Å². The molecule has 0 aromatic carbocycles. The summed E-state index contributed by atoms with van der Waals surface area (Å²) >= 11 is 0. The highest BCUT2D eigenvalue weighted by molar-refractivity contribution is 5.79. The van der Waals surface area contributed by atoms with Crippen LogP contribution >= 0.6 is 0 Å². The lowest BCUT2D eigenvalue weighted by atomic mass is 9.44. The number of rotatable bonds is 2. The summed E-state index contributed by atoms with van der Waals surface area (Å²) in [5.74, 6) is 5.46. The Morgan fingerprint density at radius 2 is 1.96 bits per heavy atom. The van der Waals surface area contributed by atoms with E-state index in [1.54, 1.807) is 0 Å². The van der Waals surface area contributed by atoms with Gasteiger partial charge in [-0.25, -0.2) is 0 Å². The van der Waals surface area contributed by atoms with E-state index in [2.05, 4.69) is 32.2 Å². The summed E-state index contributed by atoms with van der Waals surface area (Å²) in [6, 6.07) is 0. The molecule has 3 saturated carbocycles. The Hall–Kier alpha value is -0.630. The van der Waals surface area contributed by atoms with Crippen molar-refractivity contribution in [2.45, 2.75) is 85.0 Å². The first-order chi connectivity index (χ1) is 13.4. The standard InChI is InChI=1S/C26H41NO/c1-17(18-5-4-14-27-16-18)22-8-9-23-21-7-6-19-15-20(28)10-12-25(19,2)24(21)11-13-26(22,23)3/h8,17-19,21,23-24,27H,4-7,9-16H2,1-3H3/t17?,18?,19?,21-,23-,24-,25-,26+/m0/s1. The van der Waals surface area contributed by atoms with E-state index >= 15 is 0 Å². The number of allylic oxidation sites excluding steroid dienone is 2. The third-order valence-electron chi connectivity index (χ3n) is 10.7. The fraction of sp³-hybridized carbons (Fsp3) is 0.885. The number of hydrogen-bond acceptors (Lipinski definition) is 2. The zero-order chi connectivity index (χ0) is 19.5. The minimum absolute atomic E-state index is 0.444. The summed E-state index contributed by atoms with van der Waals surface area (Å²) < 4.78 is 0. The second-order valence-corrected chi connectivity index (χ2v) is 11.6. The predicted molar refractivity (Wildman–Crippen MR) is 115 cm³/mol. The highest BCUT2D eigenvalue weighted by Crippen LogP contribution is 2.67. The molecule has 1 saturated heterocycles. The van der Waals surface area contributed by atoms with E-state index in [0.29, 0.717) is 22.5 Å². The largest absolute Gasteiger partial charge is 0.316 e. The van der Waals surface area contributed by atoms with Crippen LogP contribution in [-0.2, 0) is 4.79 Å². The summed E-state index contributed by atoms with van der Waals surface area (Å²) in [5.41, 5.74) is 2.72. The molecule has 3 unspecified atom stereocenters. The number of nitrogens with one attached hydrogen (secondary N) is 1. The normalized spacial score (nSPS) is 49.6. The Morgan fingerprint density at radius 3 is 2.75 bits per heavy atom. The molecule has 2 heteroatoms. The van der Waals surface area contributed by atoms with Gasteiger partial charge in [-0.1, -0.05) is 32.4 Å². The number of carbonyl (C=O) groups excluding carboxylic acids is 1. The molecule has 0 amide bonds. The lowest BCUT2D eigenvalue weighted by Gasteiger charge is -2.60. The molecule has 156 valence electrons. The molecule has 0 aromatic heterocycles. The first-order valence-corrected chi connectivity index (χ1v) is 12.4. The zero-order valence-corrected chi connectivity index (χ0v) is 18.4. The van der Waals surface area contributed by atoms with Crippen molar-refractivity contribution in [2.24, 2.45) is 46.3 Å². The number of Topliss-reactive ketones (excluding diaryl/α,β-unsaturated/α-hetero) is 1. The van der Waals surface area contributed by atoms with Crippen LogP contribution in [0, 0.1) is 46.3 Å². The Balaban J connectivity index is 1.37. The average Bonchev–Trinajstić information content (AvgIpc) is 3.06. The number of hydrogen-bond donors (Lipinski definition) is 1. The Morgan fingerprint density at radius 1 is 1.11 bits per heavy atom. The minimum atomic E-state index is 0.444. The Labute approximate surface area is 172 Å². The van der Waals surface area contributed by atoms with E-state index < -0.39 is 0 Å². The van der Waals surface area contributed by atoms with E-state index in [4.69, 9.17) is 0 Å². The molecule has 5 rings (SSSR count). The number of carbonyl (C=O) groups is 1. The second kappa shape index (κ2) is 6.96. The topological polar surface area (TPSA) is 29.1 Å². The Bertz CT molecular complexity index is 661. The number of ketones is 1. The summed E-state index contributed by atoms with van der Waals surface area (Å²) in [7, 11) is 0. The molecule has 0 bridgehead atoms. The molecule has 1 heterocycles. The molecule has 0 radical (unpaired) electrons. The SMILES string of the molecule is CC(C1=CC[C@H]2[C@@H]3CCC4CC(=O)CC[C@]4(C)[C@H]3CC[C@]12C)C1CCCNC1. The van der Waals surface area contributed by atoms with E-state index in [-0.39, 0.29) is 0 Å². The highest BCUT2D eigenvalue weighted by atomic mass is 16.1. The van der Waals surface area contributed by atoms with Crippen molar-refractivity contribution in [3.05, 3.63) is 11.6 Å². The summed E-state index contributed by atoms with van der Waals surface area (Å²) in [6.45, 7) is 10.2. The molecule has 4 fully saturated rings. The van der Waals surface area contributed by atoms with Crippen molar-refractivity contribution in [3.8, 4) is 0 Å². The predicted octanol–water partition coefficient (Wildman–Crippen LogP) is 5.77. The van der Waals surface area contributed by atoms with Gasteiger partial charge in [0.15, 0.2) is 0 Å². The third kappa shape index (κ3) is 2.80. The smallest absolute Gasteiger partial charge is 0.133 e. The molecule has 0 spiro atoms. The fourth-order valence-corrected chi connectivity index (χ4v) is 8.91. The maximum atomic E-state index is 12.1. The van der Waals surface area contributed by atoms with Gasteiger partial charge in [-0.3, -0.25) is 4.79 Å². The lowest BCUT2D eigenvalue weighted by molar-refractivity contribution is -0.137. The average molecular weight is 384 g/mol. The van der Waals surface area contributed by atoms with Crippen LogP contribution in [0.5, 0.6) is 0 Å².